The third-order valence-corrected chi connectivity index (χ3v) is 20.8. The first-order valence-electron chi connectivity index (χ1n) is 14.4. The van der Waals surface area contributed by atoms with Crippen LogP contribution >= 0.6 is 0 Å². The van der Waals surface area contributed by atoms with Crippen LogP contribution < -0.4 is 11.2 Å². The molecule has 4 atom stereocenters. The summed E-state index contributed by atoms with van der Waals surface area (Å²) in [6.45, 7) is 19.2. The van der Waals surface area contributed by atoms with E-state index in [2.05, 4.69) is 60.4 Å². The van der Waals surface area contributed by atoms with Crippen LogP contribution in [0.25, 0.3) is 0 Å². The van der Waals surface area contributed by atoms with Crippen LogP contribution in [0, 0.1) is 0 Å². The van der Waals surface area contributed by atoms with Crippen molar-refractivity contribution >= 4 is 22.6 Å². The number of aromatic nitrogens is 2. The Hall–Kier alpha value is -1.62. The number of aromatic amines is 1. The number of hydrogen-bond donors (Lipinski definition) is 2. The van der Waals surface area contributed by atoms with Gasteiger partial charge in [-0.25, -0.2) is 4.79 Å². The van der Waals surface area contributed by atoms with Crippen molar-refractivity contribution in [1.82, 2.24) is 9.55 Å². The normalized spacial score (nSPS) is 26.9. The number of hydrogen-bond acceptors (Lipinski definition) is 9. The molecule has 0 bridgehead atoms. The highest BCUT2D eigenvalue weighted by Crippen LogP contribution is 2.45. The summed E-state index contributed by atoms with van der Waals surface area (Å²) in [6, 6.07) is 0. The third kappa shape index (κ3) is 6.40. The molecule has 40 heavy (non-hydrogen) atoms. The SMILES string of the molecule is CCOC(=O)Cn1cc([C@@H]2O[C@@H]3COC[Si](C(C)C)(C(C)C)O[Si](C(C)C)(C(C)C)CO[C@H]3[C@H]2O)c(=O)[nH]c1=O. The minimum absolute atomic E-state index is 0.0305. The number of aliphatic hydroxyl groups is 1. The smallest absolute Gasteiger partial charge is 0.328 e. The van der Waals surface area contributed by atoms with Crippen molar-refractivity contribution in [2.75, 3.05) is 25.7 Å². The Morgan fingerprint density at radius 1 is 1.05 bits per heavy atom. The highest BCUT2D eigenvalue weighted by atomic mass is 28.4. The van der Waals surface area contributed by atoms with Gasteiger partial charge in [-0.1, -0.05) is 55.4 Å². The highest BCUT2D eigenvalue weighted by molar-refractivity contribution is 6.89. The van der Waals surface area contributed by atoms with Crippen molar-refractivity contribution in [3.63, 3.8) is 0 Å². The van der Waals surface area contributed by atoms with E-state index in [0.29, 0.717) is 23.5 Å². The molecule has 0 saturated carbocycles. The van der Waals surface area contributed by atoms with Gasteiger partial charge in [0.25, 0.3) is 5.56 Å². The summed E-state index contributed by atoms with van der Waals surface area (Å²) in [7, 11) is -4.97. The van der Waals surface area contributed by atoms with Gasteiger partial charge in [0.1, 0.15) is 31.0 Å². The van der Waals surface area contributed by atoms with Crippen LogP contribution in [0.3, 0.4) is 0 Å². The van der Waals surface area contributed by atoms with Crippen molar-refractivity contribution < 1.29 is 33.0 Å². The number of esters is 1. The van der Waals surface area contributed by atoms with Crippen molar-refractivity contribution in [2.24, 2.45) is 0 Å². The number of carbonyl (C=O) groups is 1. The van der Waals surface area contributed by atoms with Gasteiger partial charge in [-0.2, -0.15) is 0 Å². The molecule has 228 valence electrons. The molecule has 2 saturated heterocycles. The van der Waals surface area contributed by atoms with Crippen LogP contribution in [0.1, 0.15) is 74.0 Å². The lowest BCUT2D eigenvalue weighted by Crippen LogP contribution is -2.64. The van der Waals surface area contributed by atoms with Gasteiger partial charge in [-0.3, -0.25) is 19.1 Å². The molecule has 0 amide bonds. The zero-order valence-corrected chi connectivity index (χ0v) is 27.4. The van der Waals surface area contributed by atoms with Gasteiger partial charge in [0.2, 0.25) is 16.6 Å². The number of fused-ring (bicyclic) bond motifs is 1. The van der Waals surface area contributed by atoms with E-state index in [1.165, 1.54) is 6.20 Å². The lowest BCUT2D eigenvalue weighted by molar-refractivity contribution is -0.143. The fraction of sp³-hybridized carbons (Fsp3) is 0.815. The molecule has 2 fully saturated rings. The van der Waals surface area contributed by atoms with E-state index in [9.17, 15) is 19.5 Å². The van der Waals surface area contributed by atoms with E-state index in [4.69, 9.17) is 23.1 Å². The van der Waals surface area contributed by atoms with Crippen LogP contribution in [0.15, 0.2) is 15.8 Å². The highest BCUT2D eigenvalue weighted by Gasteiger charge is 2.56. The molecule has 2 aliphatic rings. The standard InChI is InChI=1S/C27H48N2O9Si2/c1-10-35-22(30)12-29-11-20(26(32)28-27(29)33)24-23(31)25-21(37-24)13-34-14-39(16(2)3,17(4)5)38-40(15-36-25,18(6)7)19(8)9/h11,16-19,21,23-25,31H,10,12-15H2,1-9H3,(H,28,32,33)/t21-,23+,24+,25-/m1/s1. The summed E-state index contributed by atoms with van der Waals surface area (Å²) >= 11 is 0. The molecule has 13 heteroatoms. The average Bonchev–Trinajstić information content (AvgIpc) is 3.17. The average molecular weight is 601 g/mol. The zero-order chi connectivity index (χ0) is 30.0. The fourth-order valence-electron chi connectivity index (χ4n) is 5.97. The summed E-state index contributed by atoms with van der Waals surface area (Å²) in [5.41, 5.74) is -0.288. The van der Waals surface area contributed by atoms with Crippen molar-refractivity contribution in [3.05, 3.63) is 32.6 Å². The van der Waals surface area contributed by atoms with E-state index in [1.54, 1.807) is 6.92 Å². The Morgan fingerprint density at radius 2 is 1.62 bits per heavy atom. The minimum Gasteiger partial charge on any atom is -0.465 e. The molecule has 0 aliphatic carbocycles. The van der Waals surface area contributed by atoms with Gasteiger partial charge in [0.05, 0.1) is 31.2 Å². The monoisotopic (exact) mass is 600 g/mol. The maximum atomic E-state index is 12.8. The van der Waals surface area contributed by atoms with Crippen LogP contribution in [0.5, 0.6) is 0 Å². The quantitative estimate of drug-likeness (QED) is 0.341. The number of carbonyl (C=O) groups excluding carboxylic acids is 1. The van der Waals surface area contributed by atoms with E-state index in [-0.39, 0.29) is 36.4 Å². The molecule has 3 rings (SSSR count). The molecule has 11 nitrogen and oxygen atoms in total. The summed E-state index contributed by atoms with van der Waals surface area (Å²) in [6.07, 6.45) is -1.56. The van der Waals surface area contributed by atoms with Crippen molar-refractivity contribution in [3.8, 4) is 0 Å². The van der Waals surface area contributed by atoms with Gasteiger partial charge >= 0.3 is 11.7 Å². The number of rotatable bonds is 8. The zero-order valence-electron chi connectivity index (χ0n) is 25.4. The van der Waals surface area contributed by atoms with E-state index in [0.717, 1.165) is 4.57 Å². The second-order valence-corrected chi connectivity index (χ2v) is 22.1. The maximum absolute atomic E-state index is 12.8. The molecule has 1 aromatic heterocycles. The largest absolute Gasteiger partial charge is 0.465 e. The number of ether oxygens (including phenoxy) is 4. The predicted octanol–water partition coefficient (Wildman–Crippen LogP) is 2.94. The van der Waals surface area contributed by atoms with Crippen molar-refractivity contribution in [2.45, 2.75) is 115 Å². The topological polar surface area (TPSA) is 138 Å². The Kier molecular flexibility index (Phi) is 10.8. The molecular formula is C27H48N2O9Si2. The summed E-state index contributed by atoms with van der Waals surface area (Å²) < 4.78 is 32.5. The molecule has 0 unspecified atom stereocenters. The minimum atomic E-state index is -2.55. The first-order chi connectivity index (χ1) is 18.7. The van der Waals surface area contributed by atoms with E-state index in [1.807, 2.05) is 0 Å². The summed E-state index contributed by atoms with van der Waals surface area (Å²) in [5.74, 6) is -0.618. The number of aliphatic hydroxyl groups excluding tert-OH is 1. The first-order valence-corrected chi connectivity index (χ1v) is 19.0. The van der Waals surface area contributed by atoms with Gasteiger partial charge in [-0.05, 0) is 29.1 Å². The molecule has 2 N–H and O–H groups in total. The maximum Gasteiger partial charge on any atom is 0.328 e. The van der Waals surface area contributed by atoms with Gasteiger partial charge in [-0.15, -0.1) is 0 Å². The van der Waals surface area contributed by atoms with Crippen molar-refractivity contribution in [1.29, 1.82) is 0 Å². The molecule has 1 aromatic rings. The molecule has 0 aromatic carbocycles. The van der Waals surface area contributed by atoms with E-state index < -0.39 is 58.3 Å². The molecule has 0 spiro atoms. The number of nitrogens with one attached hydrogen (secondary N) is 1. The van der Waals surface area contributed by atoms with Gasteiger partial charge < -0.3 is 28.2 Å². The Labute approximate surface area is 238 Å². The van der Waals surface area contributed by atoms with E-state index >= 15 is 0 Å². The Bertz CT molecular complexity index is 1120. The van der Waals surface area contributed by atoms with Crippen LogP contribution in [-0.2, 0) is 34.4 Å². The lowest BCUT2D eigenvalue weighted by atomic mass is 10.0. The second kappa shape index (κ2) is 13.1. The van der Waals surface area contributed by atoms with Crippen LogP contribution in [0.4, 0.5) is 0 Å². The third-order valence-electron chi connectivity index (χ3n) is 8.68. The lowest BCUT2D eigenvalue weighted by Gasteiger charge is -2.50. The fourth-order valence-corrected chi connectivity index (χ4v) is 17.9. The van der Waals surface area contributed by atoms with Crippen LogP contribution in [0.2, 0.25) is 22.2 Å². The molecule has 3 heterocycles. The summed E-state index contributed by atoms with van der Waals surface area (Å²) in [4.78, 5) is 39.5. The molecule has 2 aliphatic heterocycles. The predicted molar refractivity (Wildman–Crippen MR) is 155 cm³/mol. The number of nitrogens with zero attached hydrogens (tertiary/aromatic N) is 1. The second-order valence-electron chi connectivity index (χ2n) is 12.3. The molecular weight excluding hydrogens is 552 g/mol. The Balaban J connectivity index is 2.00. The van der Waals surface area contributed by atoms with Gasteiger partial charge in [0, 0.05) is 6.20 Å². The number of H-pyrrole nitrogens is 1. The Morgan fingerprint density at radius 3 is 2.17 bits per heavy atom. The molecule has 0 radical (unpaired) electrons. The van der Waals surface area contributed by atoms with Gasteiger partial charge in [0.15, 0.2) is 0 Å². The summed E-state index contributed by atoms with van der Waals surface area (Å²) in [5, 5.41) is 11.4. The first kappa shape index (κ1) is 32.9. The van der Waals surface area contributed by atoms with Crippen LogP contribution in [-0.4, -0.2) is 81.2 Å².